The lowest BCUT2D eigenvalue weighted by Gasteiger charge is -2.41. The Labute approximate surface area is 92.7 Å². The lowest BCUT2D eigenvalue weighted by molar-refractivity contribution is 0.253. The molecule has 15 heavy (non-hydrogen) atoms. The van der Waals surface area contributed by atoms with Crippen molar-refractivity contribution in [3.05, 3.63) is 35.4 Å². The van der Waals surface area contributed by atoms with E-state index in [1.165, 1.54) is 43.2 Å². The summed E-state index contributed by atoms with van der Waals surface area (Å²) in [6.07, 6.45) is 6.30. The largest absolute Gasteiger partial charge is 0.330 e. The molecule has 0 saturated heterocycles. The molecular weight excluding hydrogens is 182 g/mol. The first kappa shape index (κ1) is 10.7. The summed E-state index contributed by atoms with van der Waals surface area (Å²) in [6, 6.07) is 9.12. The molecule has 0 atom stereocenters. The molecule has 82 valence electrons. The monoisotopic (exact) mass is 203 g/mol. The van der Waals surface area contributed by atoms with Gasteiger partial charge in [-0.2, -0.15) is 0 Å². The second kappa shape index (κ2) is 4.36. The fraction of sp³-hybridized carbons (Fsp3) is 0.571. The molecule has 1 aromatic rings. The molecule has 0 aliphatic heterocycles. The average molecular weight is 203 g/mol. The quantitative estimate of drug-likeness (QED) is 0.799. The molecule has 1 aliphatic carbocycles. The summed E-state index contributed by atoms with van der Waals surface area (Å²) in [7, 11) is 0. The smallest absolute Gasteiger partial charge is 0.00755 e. The maximum Gasteiger partial charge on any atom is 0.00755 e. The van der Waals surface area contributed by atoms with Crippen molar-refractivity contribution in [2.75, 3.05) is 6.54 Å². The van der Waals surface area contributed by atoms with E-state index in [9.17, 15) is 0 Å². The van der Waals surface area contributed by atoms with E-state index in [2.05, 4.69) is 31.2 Å². The number of rotatable bonds is 4. The molecule has 0 heterocycles. The molecule has 0 radical (unpaired) electrons. The van der Waals surface area contributed by atoms with Gasteiger partial charge < -0.3 is 5.73 Å². The lowest BCUT2D eigenvalue weighted by Crippen LogP contribution is -2.41. The molecule has 1 aromatic carbocycles. The van der Waals surface area contributed by atoms with Crippen LogP contribution in [0.5, 0.6) is 0 Å². The summed E-state index contributed by atoms with van der Waals surface area (Å²) in [4.78, 5) is 0. The van der Waals surface area contributed by atoms with Gasteiger partial charge in [-0.25, -0.2) is 0 Å². The molecule has 1 nitrogen and oxygen atoms in total. The summed E-state index contributed by atoms with van der Waals surface area (Å²) < 4.78 is 0. The van der Waals surface area contributed by atoms with Gasteiger partial charge in [0.15, 0.2) is 0 Å². The number of benzene rings is 1. The van der Waals surface area contributed by atoms with E-state index in [1.807, 2.05) is 0 Å². The van der Waals surface area contributed by atoms with Crippen LogP contribution in [0.15, 0.2) is 24.3 Å². The van der Waals surface area contributed by atoms with Crippen molar-refractivity contribution in [3.63, 3.8) is 0 Å². The summed E-state index contributed by atoms with van der Waals surface area (Å²) >= 11 is 0. The van der Waals surface area contributed by atoms with Gasteiger partial charge in [0, 0.05) is 12.0 Å². The van der Waals surface area contributed by atoms with Crippen LogP contribution in [0, 0.1) is 0 Å². The molecule has 0 bridgehead atoms. The Balaban J connectivity index is 2.15. The number of hydrogen-bond donors (Lipinski definition) is 1. The van der Waals surface area contributed by atoms with Crippen LogP contribution in [0.1, 0.15) is 43.7 Å². The van der Waals surface area contributed by atoms with E-state index in [1.54, 1.807) is 0 Å². The van der Waals surface area contributed by atoms with Gasteiger partial charge in [-0.3, -0.25) is 0 Å². The third kappa shape index (κ3) is 1.93. The maximum atomic E-state index is 5.90. The molecule has 0 amide bonds. The van der Waals surface area contributed by atoms with Gasteiger partial charge in [0.25, 0.3) is 0 Å². The van der Waals surface area contributed by atoms with Crippen LogP contribution in [-0.2, 0) is 11.8 Å². The predicted octanol–water partition coefficient (Wildman–Crippen LogP) is 3.02. The Kier molecular flexibility index (Phi) is 3.11. The molecule has 0 unspecified atom stereocenters. The summed E-state index contributed by atoms with van der Waals surface area (Å²) in [5, 5.41) is 0. The van der Waals surface area contributed by atoms with Crippen LogP contribution in [0.3, 0.4) is 0 Å². The maximum absolute atomic E-state index is 5.90. The third-order valence-electron chi connectivity index (χ3n) is 3.81. The minimum atomic E-state index is 0.324. The first-order valence-electron chi connectivity index (χ1n) is 6.10. The van der Waals surface area contributed by atoms with Crippen LogP contribution in [0.4, 0.5) is 0 Å². The summed E-state index contributed by atoms with van der Waals surface area (Å²) in [5.41, 5.74) is 9.13. The number of aryl methyl sites for hydroxylation is 1. The fourth-order valence-corrected chi connectivity index (χ4v) is 2.53. The summed E-state index contributed by atoms with van der Waals surface area (Å²) in [5.74, 6) is 0. The molecular formula is C14H21N. The fourth-order valence-electron chi connectivity index (χ4n) is 2.53. The molecule has 1 saturated carbocycles. The Morgan fingerprint density at radius 2 is 1.87 bits per heavy atom. The van der Waals surface area contributed by atoms with E-state index in [4.69, 9.17) is 5.73 Å². The second-order valence-electron chi connectivity index (χ2n) is 4.78. The van der Waals surface area contributed by atoms with Crippen molar-refractivity contribution in [1.82, 2.24) is 0 Å². The van der Waals surface area contributed by atoms with Crippen LogP contribution < -0.4 is 5.73 Å². The highest BCUT2D eigenvalue weighted by molar-refractivity contribution is 5.31. The summed E-state index contributed by atoms with van der Waals surface area (Å²) in [6.45, 7) is 3.03. The number of nitrogens with two attached hydrogens (primary N) is 1. The van der Waals surface area contributed by atoms with Gasteiger partial charge in [0.2, 0.25) is 0 Å². The predicted molar refractivity (Wildman–Crippen MR) is 65.0 cm³/mol. The highest BCUT2D eigenvalue weighted by atomic mass is 14.6. The van der Waals surface area contributed by atoms with Crippen LogP contribution in [-0.4, -0.2) is 6.54 Å². The van der Waals surface area contributed by atoms with Crippen molar-refractivity contribution >= 4 is 0 Å². The highest BCUT2D eigenvalue weighted by Gasteiger charge is 2.36. The Hall–Kier alpha value is -0.820. The third-order valence-corrected chi connectivity index (χ3v) is 3.81. The first-order valence-corrected chi connectivity index (χ1v) is 6.10. The van der Waals surface area contributed by atoms with E-state index in [-0.39, 0.29) is 0 Å². The molecule has 1 aliphatic rings. The molecule has 0 aromatic heterocycles. The Bertz CT molecular complexity index is 303. The SMILES string of the molecule is CCCc1ccc(C2(CN)CCC2)cc1. The van der Waals surface area contributed by atoms with Gasteiger partial charge in [0.1, 0.15) is 0 Å². The first-order chi connectivity index (χ1) is 7.30. The zero-order valence-corrected chi connectivity index (χ0v) is 9.63. The number of hydrogen-bond acceptors (Lipinski definition) is 1. The molecule has 1 heteroatoms. The zero-order valence-electron chi connectivity index (χ0n) is 9.63. The van der Waals surface area contributed by atoms with Gasteiger partial charge in [-0.15, -0.1) is 0 Å². The lowest BCUT2D eigenvalue weighted by atomic mass is 9.64. The molecule has 0 spiro atoms. The van der Waals surface area contributed by atoms with Crippen LogP contribution in [0.2, 0.25) is 0 Å². The molecule has 2 rings (SSSR count). The Morgan fingerprint density at radius 1 is 1.20 bits per heavy atom. The second-order valence-corrected chi connectivity index (χ2v) is 4.78. The normalized spacial score (nSPS) is 18.5. The molecule has 2 N–H and O–H groups in total. The minimum Gasteiger partial charge on any atom is -0.330 e. The van der Waals surface area contributed by atoms with Crippen molar-refractivity contribution in [2.24, 2.45) is 5.73 Å². The topological polar surface area (TPSA) is 26.0 Å². The van der Waals surface area contributed by atoms with Gasteiger partial charge in [0.05, 0.1) is 0 Å². The standard InChI is InChI=1S/C14H21N/c1-2-4-12-5-7-13(8-6-12)14(11-15)9-3-10-14/h5-8H,2-4,9-11,15H2,1H3. The Morgan fingerprint density at radius 3 is 2.27 bits per heavy atom. The average Bonchev–Trinajstić information content (AvgIpc) is 2.20. The van der Waals surface area contributed by atoms with Crippen molar-refractivity contribution < 1.29 is 0 Å². The van der Waals surface area contributed by atoms with E-state index < -0.39 is 0 Å². The highest BCUT2D eigenvalue weighted by Crippen LogP contribution is 2.42. The van der Waals surface area contributed by atoms with E-state index in [0.717, 1.165) is 6.54 Å². The van der Waals surface area contributed by atoms with Crippen molar-refractivity contribution in [3.8, 4) is 0 Å². The van der Waals surface area contributed by atoms with E-state index in [0.29, 0.717) is 5.41 Å². The van der Waals surface area contributed by atoms with Crippen LogP contribution in [0.25, 0.3) is 0 Å². The molecule has 1 fully saturated rings. The van der Waals surface area contributed by atoms with Gasteiger partial charge >= 0.3 is 0 Å². The van der Waals surface area contributed by atoms with Gasteiger partial charge in [-0.1, -0.05) is 44.0 Å². The van der Waals surface area contributed by atoms with Gasteiger partial charge in [-0.05, 0) is 30.4 Å². The minimum absolute atomic E-state index is 0.324. The van der Waals surface area contributed by atoms with Crippen LogP contribution >= 0.6 is 0 Å². The van der Waals surface area contributed by atoms with Crippen molar-refractivity contribution in [1.29, 1.82) is 0 Å². The zero-order chi connectivity index (χ0) is 10.7. The van der Waals surface area contributed by atoms with Crippen molar-refractivity contribution in [2.45, 2.75) is 44.4 Å². The van der Waals surface area contributed by atoms with E-state index >= 15 is 0 Å².